The highest BCUT2D eigenvalue weighted by atomic mass is 16.3. The normalized spacial score (nSPS) is 13.9. The molecule has 10 aromatic carbocycles. The molecule has 53 heavy (non-hydrogen) atoms. The van der Waals surface area contributed by atoms with Gasteiger partial charge in [-0.2, -0.15) is 0 Å². The van der Waals surface area contributed by atoms with Crippen LogP contribution in [-0.4, -0.2) is 0 Å². The van der Waals surface area contributed by atoms with Gasteiger partial charge in [-0.25, -0.2) is 0 Å². The Hall–Kier alpha value is -6.96. The smallest absolute Gasteiger partial charge is 0.143 e. The highest BCUT2D eigenvalue weighted by Gasteiger charge is 2.22. The fraction of sp³-hybridized carbons (Fsp3) is 0. The van der Waals surface area contributed by atoms with E-state index in [2.05, 4.69) is 36.4 Å². The zero-order chi connectivity index (χ0) is 41.8. The average Bonchev–Trinajstić information content (AvgIpc) is 3.68. The second-order valence-electron chi connectivity index (χ2n) is 13.3. The Labute approximate surface area is 318 Å². The van der Waals surface area contributed by atoms with E-state index in [0.29, 0.717) is 27.9 Å². The zero-order valence-corrected chi connectivity index (χ0v) is 28.3. The summed E-state index contributed by atoms with van der Waals surface area (Å²) in [4.78, 5) is 0. The van der Waals surface area contributed by atoms with Crippen molar-refractivity contribution < 1.29 is 15.4 Å². The molecule has 0 atom stereocenters. The van der Waals surface area contributed by atoms with Gasteiger partial charge < -0.3 is 4.42 Å². The molecule has 0 unspecified atom stereocenters. The van der Waals surface area contributed by atoms with Gasteiger partial charge in [0.1, 0.15) is 11.2 Å². The summed E-state index contributed by atoms with van der Waals surface area (Å²) in [7, 11) is 0. The fourth-order valence-corrected chi connectivity index (χ4v) is 8.20. The number of fused-ring (bicyclic) bond motifs is 7. The number of furan rings is 1. The third-order valence-electron chi connectivity index (χ3n) is 10.5. The lowest BCUT2D eigenvalue weighted by molar-refractivity contribution is 0.670. The fourth-order valence-electron chi connectivity index (χ4n) is 8.20. The molecule has 0 N–H and O–H groups in total. The van der Waals surface area contributed by atoms with Crippen LogP contribution in [0.3, 0.4) is 0 Å². The van der Waals surface area contributed by atoms with Crippen LogP contribution >= 0.6 is 0 Å². The van der Waals surface area contributed by atoms with Crippen LogP contribution in [0, 0.1) is 0 Å². The largest absolute Gasteiger partial charge is 0.455 e. The van der Waals surface area contributed by atoms with E-state index >= 15 is 0 Å². The van der Waals surface area contributed by atoms with E-state index in [-0.39, 0.29) is 51.3 Å². The summed E-state index contributed by atoms with van der Waals surface area (Å²) >= 11 is 0. The summed E-state index contributed by atoms with van der Waals surface area (Å²) in [6, 6.07) is 44.5. The maximum atomic E-state index is 9.63. The molecule has 1 heteroatoms. The van der Waals surface area contributed by atoms with Gasteiger partial charge >= 0.3 is 0 Å². The van der Waals surface area contributed by atoms with Gasteiger partial charge in [0.25, 0.3) is 0 Å². The zero-order valence-electron chi connectivity index (χ0n) is 36.3. The van der Waals surface area contributed by atoms with Crippen LogP contribution in [-0.2, 0) is 0 Å². The van der Waals surface area contributed by atoms with Crippen LogP contribution in [0.1, 0.15) is 11.0 Å². The van der Waals surface area contributed by atoms with E-state index in [4.69, 9.17) is 9.90 Å². The number of hydrogen-bond acceptors (Lipinski definition) is 1. The first-order valence-corrected chi connectivity index (χ1v) is 17.6. The molecule has 0 spiro atoms. The number of benzene rings is 10. The first kappa shape index (κ1) is 22.8. The molecular weight excluding hydrogens is 641 g/mol. The summed E-state index contributed by atoms with van der Waals surface area (Å²) in [5, 5.41) is 5.89. The van der Waals surface area contributed by atoms with Crippen molar-refractivity contribution in [3.8, 4) is 44.5 Å². The van der Waals surface area contributed by atoms with Gasteiger partial charge in [-0.15, -0.1) is 0 Å². The Bertz CT molecular complexity index is 3600. The maximum absolute atomic E-state index is 9.63. The van der Waals surface area contributed by atoms with Crippen LogP contribution in [0.4, 0.5) is 0 Å². The van der Waals surface area contributed by atoms with E-state index < -0.39 is 24.2 Å². The van der Waals surface area contributed by atoms with Crippen LogP contribution in [0.15, 0.2) is 198 Å². The van der Waals surface area contributed by atoms with Gasteiger partial charge in [-0.1, -0.05) is 176 Å². The van der Waals surface area contributed by atoms with Gasteiger partial charge in [0.15, 0.2) is 0 Å². The van der Waals surface area contributed by atoms with Crippen molar-refractivity contribution in [3.63, 3.8) is 0 Å². The van der Waals surface area contributed by atoms with E-state index in [0.717, 1.165) is 54.6 Å². The van der Waals surface area contributed by atoms with Crippen molar-refractivity contribution in [1.29, 1.82) is 0 Å². The molecule has 0 aliphatic rings. The van der Waals surface area contributed by atoms with E-state index in [9.17, 15) is 5.48 Å². The Morgan fingerprint density at radius 1 is 0.340 bits per heavy atom. The summed E-state index contributed by atoms with van der Waals surface area (Å²) in [5.74, 6) is 0. The van der Waals surface area contributed by atoms with E-state index in [1.165, 1.54) is 0 Å². The molecule has 0 radical (unpaired) electrons. The van der Waals surface area contributed by atoms with Crippen LogP contribution in [0.25, 0.3) is 110 Å². The molecule has 0 amide bonds. The van der Waals surface area contributed by atoms with Crippen molar-refractivity contribution >= 4 is 65.0 Å². The quantitative estimate of drug-likeness (QED) is 0.169. The predicted octanol–water partition coefficient (Wildman–Crippen LogP) is 14.9. The second kappa shape index (κ2) is 11.8. The summed E-state index contributed by atoms with van der Waals surface area (Å²) in [5.41, 5.74) is 6.71. The Morgan fingerprint density at radius 3 is 1.64 bits per heavy atom. The first-order valence-electron chi connectivity index (χ1n) is 21.6. The Morgan fingerprint density at radius 2 is 0.906 bits per heavy atom. The molecule has 0 saturated carbocycles. The standard InChI is InChI=1S/C52H32O/c1-2-15-33(16-3-1)37-29-30-40(39-21-7-6-20-38(37)39)47-31-35(32-48-41-22-12-13-28-49(41)53-52(47)48)50-43-23-8-10-25-45(43)51(46-26-11-9-24-44(46)50)42-27-14-18-34-17-4-5-19-36(34)42/h1-32H/i8D,9D,10D,11D,23D,24D,25D,26D. The lowest BCUT2D eigenvalue weighted by Gasteiger charge is -2.19. The van der Waals surface area contributed by atoms with Gasteiger partial charge in [0.2, 0.25) is 0 Å². The third-order valence-corrected chi connectivity index (χ3v) is 10.5. The first-order chi connectivity index (χ1) is 29.6. The highest BCUT2D eigenvalue weighted by Crippen LogP contribution is 2.48. The van der Waals surface area contributed by atoms with E-state index in [1.54, 1.807) is 0 Å². The number of hydrogen-bond donors (Lipinski definition) is 0. The minimum atomic E-state index is -0.444. The molecule has 11 aromatic rings. The Balaban J connectivity index is 1.37. The molecule has 246 valence electrons. The van der Waals surface area contributed by atoms with Crippen molar-refractivity contribution in [2.24, 2.45) is 0 Å². The molecule has 1 aromatic heterocycles. The predicted molar refractivity (Wildman–Crippen MR) is 225 cm³/mol. The number of para-hydroxylation sites is 1. The molecule has 1 heterocycles. The molecule has 0 saturated heterocycles. The van der Waals surface area contributed by atoms with Gasteiger partial charge in [-0.3, -0.25) is 0 Å². The van der Waals surface area contributed by atoms with Gasteiger partial charge in [0, 0.05) is 16.3 Å². The number of rotatable bonds is 4. The summed E-state index contributed by atoms with van der Waals surface area (Å²) in [6.45, 7) is 0. The molecular formula is C52H32O. The Kier molecular flexibility index (Phi) is 5.07. The SMILES string of the molecule is [2H]c1c([2H])c([2H])c2c(-c3cccc4ccccc34)c3c([2H])c([2H])c([2H])c([2H])c3c(-c3cc(-c4ccc(-c5ccccc5)c5ccccc45)c4oc5ccccc5c4c3)c2c1[2H]. The van der Waals surface area contributed by atoms with Crippen molar-refractivity contribution in [1.82, 2.24) is 0 Å². The van der Waals surface area contributed by atoms with Crippen molar-refractivity contribution in [3.05, 3.63) is 194 Å². The molecule has 0 fully saturated rings. The van der Waals surface area contributed by atoms with Crippen LogP contribution < -0.4 is 0 Å². The molecule has 11 rings (SSSR count). The van der Waals surface area contributed by atoms with Gasteiger partial charge in [-0.05, 0) is 100 Å². The minimum Gasteiger partial charge on any atom is -0.455 e. The highest BCUT2D eigenvalue weighted by molar-refractivity contribution is 6.25. The third kappa shape index (κ3) is 4.58. The van der Waals surface area contributed by atoms with Gasteiger partial charge in [0.05, 0.1) is 11.0 Å². The second-order valence-corrected chi connectivity index (χ2v) is 13.3. The molecule has 0 bridgehead atoms. The van der Waals surface area contributed by atoms with Crippen LogP contribution in [0.2, 0.25) is 0 Å². The van der Waals surface area contributed by atoms with Crippen molar-refractivity contribution in [2.45, 2.75) is 0 Å². The molecule has 0 aliphatic carbocycles. The maximum Gasteiger partial charge on any atom is 0.143 e. The lowest BCUT2D eigenvalue weighted by Crippen LogP contribution is -1.92. The minimum absolute atomic E-state index is 0.161. The molecule has 1 nitrogen and oxygen atoms in total. The summed E-state index contributed by atoms with van der Waals surface area (Å²) in [6.07, 6.45) is 0. The summed E-state index contributed by atoms with van der Waals surface area (Å²) < 4.78 is 81.0. The average molecular weight is 681 g/mol. The topological polar surface area (TPSA) is 13.1 Å². The lowest BCUT2D eigenvalue weighted by atomic mass is 9.83. The van der Waals surface area contributed by atoms with Crippen LogP contribution in [0.5, 0.6) is 0 Å². The van der Waals surface area contributed by atoms with E-state index in [1.807, 2.05) is 109 Å². The van der Waals surface area contributed by atoms with Crippen molar-refractivity contribution in [2.75, 3.05) is 0 Å². The molecule has 0 aliphatic heterocycles. The monoisotopic (exact) mass is 680 g/mol.